The van der Waals surface area contributed by atoms with Crippen LogP contribution in [0.2, 0.25) is 0 Å². The summed E-state index contributed by atoms with van der Waals surface area (Å²) in [5.41, 5.74) is 1.20. The van der Waals surface area contributed by atoms with E-state index in [9.17, 15) is 13.2 Å². The standard InChI is InChI=1S/C15H10F3N3S/c1-9-4-2-7-12(19-9)14-21-20-13(22-14)10-5-3-6-11(8-10)15(16,17)18/h2-8H,1H3. The second-order valence-electron chi connectivity index (χ2n) is 4.66. The van der Waals surface area contributed by atoms with Crippen LogP contribution in [0.4, 0.5) is 13.2 Å². The van der Waals surface area contributed by atoms with Crippen molar-refractivity contribution in [3.8, 4) is 21.3 Å². The number of benzene rings is 1. The van der Waals surface area contributed by atoms with Gasteiger partial charge in [-0.3, -0.25) is 4.98 Å². The Bertz CT molecular complexity index is 812. The zero-order chi connectivity index (χ0) is 15.7. The fraction of sp³-hybridized carbons (Fsp3) is 0.133. The molecule has 112 valence electrons. The van der Waals surface area contributed by atoms with Gasteiger partial charge in [0.2, 0.25) is 0 Å². The predicted molar refractivity (Wildman–Crippen MR) is 78.3 cm³/mol. The second kappa shape index (κ2) is 5.49. The van der Waals surface area contributed by atoms with Gasteiger partial charge in [-0.1, -0.05) is 29.5 Å². The minimum Gasteiger partial charge on any atom is -0.251 e. The molecule has 0 fully saturated rings. The third-order valence-corrected chi connectivity index (χ3v) is 3.96. The van der Waals surface area contributed by atoms with Crippen molar-refractivity contribution in [2.24, 2.45) is 0 Å². The fourth-order valence-electron chi connectivity index (χ4n) is 1.93. The molecule has 0 saturated heterocycles. The molecule has 0 aliphatic carbocycles. The number of rotatable bonds is 2. The van der Waals surface area contributed by atoms with Gasteiger partial charge in [0.15, 0.2) is 5.01 Å². The molecule has 1 aromatic carbocycles. The van der Waals surface area contributed by atoms with Crippen molar-refractivity contribution < 1.29 is 13.2 Å². The van der Waals surface area contributed by atoms with Crippen LogP contribution in [0, 0.1) is 6.92 Å². The van der Waals surface area contributed by atoms with Gasteiger partial charge < -0.3 is 0 Å². The van der Waals surface area contributed by atoms with E-state index < -0.39 is 11.7 Å². The molecule has 0 aliphatic rings. The predicted octanol–water partition coefficient (Wildman–Crippen LogP) is 4.59. The van der Waals surface area contributed by atoms with Crippen molar-refractivity contribution in [3.05, 3.63) is 53.7 Å². The number of hydrogen-bond donors (Lipinski definition) is 0. The number of alkyl halides is 3. The highest BCUT2D eigenvalue weighted by Crippen LogP contribution is 2.34. The first-order valence-corrected chi connectivity index (χ1v) is 7.20. The molecule has 0 bridgehead atoms. The van der Waals surface area contributed by atoms with E-state index in [1.165, 1.54) is 17.4 Å². The molecule has 2 aromatic heterocycles. The molecule has 0 atom stereocenters. The smallest absolute Gasteiger partial charge is 0.251 e. The molecule has 0 radical (unpaired) electrons. The molecule has 3 nitrogen and oxygen atoms in total. The summed E-state index contributed by atoms with van der Waals surface area (Å²) in [6, 6.07) is 10.6. The van der Waals surface area contributed by atoms with Gasteiger partial charge in [0.25, 0.3) is 0 Å². The minimum atomic E-state index is -4.37. The van der Waals surface area contributed by atoms with Crippen molar-refractivity contribution >= 4 is 11.3 Å². The Morgan fingerprint density at radius 1 is 0.955 bits per heavy atom. The molecule has 0 spiro atoms. The van der Waals surface area contributed by atoms with Crippen LogP contribution in [0.3, 0.4) is 0 Å². The summed E-state index contributed by atoms with van der Waals surface area (Å²) in [4.78, 5) is 4.34. The minimum absolute atomic E-state index is 0.395. The lowest BCUT2D eigenvalue weighted by atomic mass is 10.1. The molecule has 0 amide bonds. The highest BCUT2D eigenvalue weighted by Gasteiger charge is 2.30. The molecule has 0 aliphatic heterocycles. The second-order valence-corrected chi connectivity index (χ2v) is 5.63. The maximum Gasteiger partial charge on any atom is 0.416 e. The third kappa shape index (κ3) is 2.99. The first-order valence-electron chi connectivity index (χ1n) is 6.39. The molecule has 3 aromatic rings. The zero-order valence-corrected chi connectivity index (χ0v) is 12.2. The van der Waals surface area contributed by atoms with Crippen LogP contribution >= 0.6 is 11.3 Å². The first-order chi connectivity index (χ1) is 10.4. The molecule has 22 heavy (non-hydrogen) atoms. The number of aromatic nitrogens is 3. The average Bonchev–Trinajstić information content (AvgIpc) is 2.96. The van der Waals surface area contributed by atoms with Crippen LogP contribution in [0.25, 0.3) is 21.3 Å². The first kappa shape index (κ1) is 14.6. The van der Waals surface area contributed by atoms with Gasteiger partial charge in [-0.2, -0.15) is 13.2 Å². The van der Waals surface area contributed by atoms with E-state index in [-0.39, 0.29) is 0 Å². The Kier molecular flexibility index (Phi) is 3.66. The van der Waals surface area contributed by atoms with Crippen molar-refractivity contribution in [1.82, 2.24) is 15.2 Å². The molecule has 0 saturated carbocycles. The number of nitrogens with zero attached hydrogens (tertiary/aromatic N) is 3. The molecule has 2 heterocycles. The van der Waals surface area contributed by atoms with Crippen LogP contribution < -0.4 is 0 Å². The zero-order valence-electron chi connectivity index (χ0n) is 11.4. The van der Waals surface area contributed by atoms with E-state index in [1.807, 2.05) is 19.1 Å². The van der Waals surface area contributed by atoms with E-state index >= 15 is 0 Å². The molecule has 0 N–H and O–H groups in total. The summed E-state index contributed by atoms with van der Waals surface area (Å²) in [5, 5.41) is 9.01. The van der Waals surface area contributed by atoms with Gasteiger partial charge in [0.1, 0.15) is 10.7 Å². The number of aryl methyl sites for hydroxylation is 1. The SMILES string of the molecule is Cc1cccc(-c2nnc(-c3cccc(C(F)(F)F)c3)s2)n1. The average molecular weight is 321 g/mol. The van der Waals surface area contributed by atoms with Crippen LogP contribution in [0.1, 0.15) is 11.3 Å². The van der Waals surface area contributed by atoms with Crippen LogP contribution in [0.15, 0.2) is 42.5 Å². The summed E-state index contributed by atoms with van der Waals surface area (Å²) in [6.07, 6.45) is -4.37. The van der Waals surface area contributed by atoms with Gasteiger partial charge in [-0.05, 0) is 31.2 Å². The Hall–Kier alpha value is -2.28. The Balaban J connectivity index is 1.98. The highest BCUT2D eigenvalue weighted by molar-refractivity contribution is 7.17. The molecule has 3 rings (SSSR count). The van der Waals surface area contributed by atoms with Crippen molar-refractivity contribution in [1.29, 1.82) is 0 Å². The molecular weight excluding hydrogens is 311 g/mol. The summed E-state index contributed by atoms with van der Waals surface area (Å²) < 4.78 is 38.3. The third-order valence-electron chi connectivity index (χ3n) is 2.97. The lowest BCUT2D eigenvalue weighted by Gasteiger charge is -2.06. The maximum atomic E-state index is 12.8. The summed E-state index contributed by atoms with van der Waals surface area (Å²) in [7, 11) is 0. The Labute approximate surface area is 128 Å². The number of pyridine rings is 1. The van der Waals surface area contributed by atoms with Crippen molar-refractivity contribution in [2.45, 2.75) is 13.1 Å². The van der Waals surface area contributed by atoms with E-state index in [0.717, 1.165) is 17.8 Å². The van der Waals surface area contributed by atoms with Crippen LogP contribution in [-0.2, 0) is 6.18 Å². The van der Waals surface area contributed by atoms with Crippen LogP contribution in [0.5, 0.6) is 0 Å². The lowest BCUT2D eigenvalue weighted by molar-refractivity contribution is -0.137. The van der Waals surface area contributed by atoms with E-state index in [1.54, 1.807) is 12.1 Å². The van der Waals surface area contributed by atoms with Gasteiger partial charge in [0.05, 0.1) is 5.56 Å². The fourth-order valence-corrected chi connectivity index (χ4v) is 2.74. The van der Waals surface area contributed by atoms with Crippen LogP contribution in [-0.4, -0.2) is 15.2 Å². The van der Waals surface area contributed by atoms with Gasteiger partial charge >= 0.3 is 6.18 Å². The normalized spacial score (nSPS) is 11.6. The van der Waals surface area contributed by atoms with E-state index in [4.69, 9.17) is 0 Å². The number of hydrogen-bond acceptors (Lipinski definition) is 4. The van der Waals surface area contributed by atoms with Crippen molar-refractivity contribution in [2.75, 3.05) is 0 Å². The summed E-state index contributed by atoms with van der Waals surface area (Å²) >= 11 is 1.22. The van der Waals surface area contributed by atoms with Crippen molar-refractivity contribution in [3.63, 3.8) is 0 Å². The largest absolute Gasteiger partial charge is 0.416 e. The van der Waals surface area contributed by atoms with Gasteiger partial charge in [-0.15, -0.1) is 10.2 Å². The maximum absolute atomic E-state index is 12.8. The summed E-state index contributed by atoms with van der Waals surface area (Å²) in [5.74, 6) is 0. The molecular formula is C15H10F3N3S. The molecule has 7 heteroatoms. The quantitative estimate of drug-likeness (QED) is 0.693. The topological polar surface area (TPSA) is 38.7 Å². The Morgan fingerprint density at radius 2 is 1.68 bits per heavy atom. The van der Waals surface area contributed by atoms with Gasteiger partial charge in [0, 0.05) is 11.3 Å². The Morgan fingerprint density at radius 3 is 2.41 bits per heavy atom. The molecule has 0 unspecified atom stereocenters. The highest BCUT2D eigenvalue weighted by atomic mass is 32.1. The lowest BCUT2D eigenvalue weighted by Crippen LogP contribution is -2.04. The van der Waals surface area contributed by atoms with Gasteiger partial charge in [-0.25, -0.2) is 0 Å². The summed E-state index contributed by atoms with van der Waals surface area (Å²) in [6.45, 7) is 1.86. The van der Waals surface area contributed by atoms with E-state index in [2.05, 4.69) is 15.2 Å². The monoisotopic (exact) mass is 321 g/mol. The number of halogens is 3. The van der Waals surface area contributed by atoms with E-state index in [0.29, 0.717) is 21.3 Å².